The van der Waals surface area contributed by atoms with Crippen LogP contribution in [0.5, 0.6) is 5.88 Å². The molecule has 0 unspecified atom stereocenters. The van der Waals surface area contributed by atoms with Crippen LogP contribution in [-0.2, 0) is 0 Å². The van der Waals surface area contributed by atoms with E-state index < -0.39 is 0 Å². The third-order valence-corrected chi connectivity index (χ3v) is 5.71. The Bertz CT molecular complexity index is 928. The van der Waals surface area contributed by atoms with E-state index in [4.69, 9.17) is 9.84 Å². The number of rotatable bonds is 9. The van der Waals surface area contributed by atoms with Gasteiger partial charge in [0.15, 0.2) is 5.65 Å². The smallest absolute Gasteiger partial charge is 0.231 e. The van der Waals surface area contributed by atoms with Crippen molar-refractivity contribution in [2.75, 3.05) is 44.2 Å². The Morgan fingerprint density at radius 1 is 1.07 bits per heavy atom. The SMILES string of the molecule is CCN(CC)CCCOc1ccc2ncc(-c3cccc(N4CCCC4)c3)n2n1. The van der Waals surface area contributed by atoms with Crippen LogP contribution in [0, 0.1) is 0 Å². The molecule has 29 heavy (non-hydrogen) atoms. The van der Waals surface area contributed by atoms with Gasteiger partial charge in [0.25, 0.3) is 0 Å². The molecule has 1 aliphatic heterocycles. The molecule has 1 saturated heterocycles. The van der Waals surface area contributed by atoms with Gasteiger partial charge >= 0.3 is 0 Å². The molecule has 0 spiro atoms. The minimum atomic E-state index is 0.645. The minimum Gasteiger partial charge on any atom is -0.477 e. The predicted molar refractivity (Wildman–Crippen MR) is 118 cm³/mol. The summed E-state index contributed by atoms with van der Waals surface area (Å²) < 4.78 is 7.82. The van der Waals surface area contributed by atoms with Crippen LogP contribution in [0.25, 0.3) is 16.9 Å². The molecule has 1 aliphatic rings. The predicted octanol–water partition coefficient (Wildman–Crippen LogP) is 4.11. The van der Waals surface area contributed by atoms with Gasteiger partial charge in [-0.3, -0.25) is 0 Å². The van der Waals surface area contributed by atoms with Crippen molar-refractivity contribution >= 4 is 11.3 Å². The summed E-state index contributed by atoms with van der Waals surface area (Å²) in [5.74, 6) is 0.645. The molecule has 154 valence electrons. The van der Waals surface area contributed by atoms with E-state index in [1.165, 1.54) is 18.5 Å². The highest BCUT2D eigenvalue weighted by Gasteiger charge is 2.14. The molecule has 0 bridgehead atoms. The van der Waals surface area contributed by atoms with E-state index in [1.807, 2.05) is 22.8 Å². The number of nitrogens with zero attached hydrogens (tertiary/aromatic N) is 5. The standard InChI is InChI=1S/C23H31N5O/c1-3-26(4-2)13-8-16-29-23-12-11-22-24-18-21(28(22)25-23)19-9-7-10-20(17-19)27-14-5-6-15-27/h7,9-12,17-18H,3-6,8,13-16H2,1-2H3. The number of hydrogen-bond acceptors (Lipinski definition) is 5. The van der Waals surface area contributed by atoms with Crippen LogP contribution in [0.15, 0.2) is 42.6 Å². The van der Waals surface area contributed by atoms with Crippen LogP contribution in [0.3, 0.4) is 0 Å². The summed E-state index contributed by atoms with van der Waals surface area (Å²) in [6.07, 6.45) is 5.44. The van der Waals surface area contributed by atoms with Gasteiger partial charge in [-0.15, -0.1) is 5.10 Å². The van der Waals surface area contributed by atoms with Gasteiger partial charge in [0.1, 0.15) is 0 Å². The zero-order chi connectivity index (χ0) is 20.1. The largest absolute Gasteiger partial charge is 0.477 e. The highest BCUT2D eigenvalue weighted by molar-refractivity contribution is 5.68. The summed E-state index contributed by atoms with van der Waals surface area (Å²) in [5, 5.41) is 4.70. The van der Waals surface area contributed by atoms with Gasteiger partial charge in [0.2, 0.25) is 5.88 Å². The lowest BCUT2D eigenvalue weighted by molar-refractivity contribution is 0.242. The van der Waals surface area contributed by atoms with E-state index in [9.17, 15) is 0 Å². The fraction of sp³-hybridized carbons (Fsp3) is 0.478. The molecule has 3 aromatic rings. The first-order valence-corrected chi connectivity index (χ1v) is 10.8. The van der Waals surface area contributed by atoms with Crippen LogP contribution < -0.4 is 9.64 Å². The molecule has 0 amide bonds. The number of hydrogen-bond donors (Lipinski definition) is 0. The number of anilines is 1. The summed E-state index contributed by atoms with van der Waals surface area (Å²) in [4.78, 5) is 9.38. The summed E-state index contributed by atoms with van der Waals surface area (Å²) in [5.41, 5.74) is 4.24. The first-order chi connectivity index (χ1) is 14.3. The Morgan fingerprint density at radius 2 is 1.90 bits per heavy atom. The number of aromatic nitrogens is 3. The molecular formula is C23H31N5O. The van der Waals surface area contributed by atoms with Gasteiger partial charge in [-0.25, -0.2) is 9.50 Å². The summed E-state index contributed by atoms with van der Waals surface area (Å²) in [7, 11) is 0. The molecule has 1 fully saturated rings. The number of ether oxygens (including phenoxy) is 1. The molecule has 6 nitrogen and oxygen atoms in total. The van der Waals surface area contributed by atoms with E-state index >= 15 is 0 Å². The van der Waals surface area contributed by atoms with Crippen molar-refractivity contribution in [2.45, 2.75) is 33.1 Å². The van der Waals surface area contributed by atoms with E-state index in [-0.39, 0.29) is 0 Å². The van der Waals surface area contributed by atoms with Crippen molar-refractivity contribution in [3.05, 3.63) is 42.6 Å². The summed E-state index contributed by atoms with van der Waals surface area (Å²) >= 11 is 0. The van der Waals surface area contributed by atoms with Crippen LogP contribution >= 0.6 is 0 Å². The lowest BCUT2D eigenvalue weighted by atomic mass is 10.1. The van der Waals surface area contributed by atoms with Gasteiger partial charge < -0.3 is 14.5 Å². The van der Waals surface area contributed by atoms with Gasteiger partial charge in [-0.1, -0.05) is 26.0 Å². The van der Waals surface area contributed by atoms with E-state index in [1.54, 1.807) is 0 Å². The Hall–Kier alpha value is -2.60. The zero-order valence-corrected chi connectivity index (χ0v) is 17.5. The molecule has 4 rings (SSSR count). The molecule has 6 heteroatoms. The Balaban J connectivity index is 1.49. The van der Waals surface area contributed by atoms with Gasteiger partial charge in [-0.2, -0.15) is 0 Å². The van der Waals surface area contributed by atoms with E-state index in [0.29, 0.717) is 12.5 Å². The molecule has 0 N–H and O–H groups in total. The molecular weight excluding hydrogens is 362 g/mol. The Morgan fingerprint density at radius 3 is 2.69 bits per heavy atom. The van der Waals surface area contributed by atoms with E-state index in [0.717, 1.165) is 56.0 Å². The molecule has 3 heterocycles. The number of benzene rings is 1. The third kappa shape index (κ3) is 4.53. The van der Waals surface area contributed by atoms with Crippen LogP contribution in [-0.4, -0.2) is 58.8 Å². The fourth-order valence-corrected chi connectivity index (χ4v) is 3.97. The maximum Gasteiger partial charge on any atom is 0.231 e. The van der Waals surface area contributed by atoms with Crippen molar-refractivity contribution in [3.8, 4) is 17.1 Å². The van der Waals surface area contributed by atoms with Crippen molar-refractivity contribution in [3.63, 3.8) is 0 Å². The first-order valence-electron chi connectivity index (χ1n) is 10.8. The van der Waals surface area contributed by atoms with Crippen molar-refractivity contribution in [1.82, 2.24) is 19.5 Å². The van der Waals surface area contributed by atoms with Crippen molar-refractivity contribution < 1.29 is 4.74 Å². The molecule has 0 radical (unpaired) electrons. The first kappa shape index (κ1) is 19.7. The Kier molecular flexibility index (Phi) is 6.30. The highest BCUT2D eigenvalue weighted by Crippen LogP contribution is 2.27. The lowest BCUT2D eigenvalue weighted by Gasteiger charge is -2.18. The number of imidazole rings is 1. The topological polar surface area (TPSA) is 45.9 Å². The summed E-state index contributed by atoms with van der Waals surface area (Å²) in [6, 6.07) is 12.6. The van der Waals surface area contributed by atoms with Gasteiger partial charge in [-0.05, 0) is 50.6 Å². The molecule has 2 aromatic heterocycles. The Labute approximate surface area is 173 Å². The van der Waals surface area contributed by atoms with Gasteiger partial charge in [0, 0.05) is 37.0 Å². The average Bonchev–Trinajstić information content (AvgIpc) is 3.44. The van der Waals surface area contributed by atoms with Crippen molar-refractivity contribution in [2.24, 2.45) is 0 Å². The third-order valence-electron chi connectivity index (χ3n) is 5.71. The van der Waals surface area contributed by atoms with Crippen LogP contribution in [0.4, 0.5) is 5.69 Å². The minimum absolute atomic E-state index is 0.645. The van der Waals surface area contributed by atoms with Gasteiger partial charge in [0.05, 0.1) is 18.5 Å². The highest BCUT2D eigenvalue weighted by atomic mass is 16.5. The maximum atomic E-state index is 5.92. The van der Waals surface area contributed by atoms with Crippen LogP contribution in [0.2, 0.25) is 0 Å². The molecule has 0 aliphatic carbocycles. The molecule has 0 saturated carbocycles. The maximum absolute atomic E-state index is 5.92. The number of fused-ring (bicyclic) bond motifs is 1. The average molecular weight is 394 g/mol. The molecule has 0 atom stereocenters. The monoisotopic (exact) mass is 393 g/mol. The normalized spacial score (nSPS) is 14.2. The van der Waals surface area contributed by atoms with Crippen LogP contribution in [0.1, 0.15) is 33.1 Å². The lowest BCUT2D eigenvalue weighted by Crippen LogP contribution is -2.25. The second-order valence-electron chi connectivity index (χ2n) is 7.56. The second-order valence-corrected chi connectivity index (χ2v) is 7.56. The second kappa shape index (κ2) is 9.27. The van der Waals surface area contributed by atoms with E-state index in [2.05, 4.69) is 52.9 Å². The molecule has 1 aromatic carbocycles. The zero-order valence-electron chi connectivity index (χ0n) is 17.5. The van der Waals surface area contributed by atoms with Crippen molar-refractivity contribution in [1.29, 1.82) is 0 Å². The summed E-state index contributed by atoms with van der Waals surface area (Å²) in [6.45, 7) is 10.5. The fourth-order valence-electron chi connectivity index (χ4n) is 3.97. The quantitative estimate of drug-likeness (QED) is 0.512.